The molecule has 0 bridgehead atoms. The molecule has 1 heterocycles. The van der Waals surface area contributed by atoms with Gasteiger partial charge in [-0.05, 0) is 19.8 Å². The second kappa shape index (κ2) is 5.59. The molecule has 0 aliphatic heterocycles. The number of rotatable bonds is 4. The summed E-state index contributed by atoms with van der Waals surface area (Å²) in [6.07, 6.45) is 5.72. The van der Waals surface area contributed by atoms with Crippen molar-refractivity contribution >= 4 is 11.6 Å². The van der Waals surface area contributed by atoms with Gasteiger partial charge in [0.25, 0.3) is 0 Å². The monoisotopic (exact) mass is 271 g/mol. The van der Waals surface area contributed by atoms with E-state index in [1.54, 1.807) is 0 Å². The van der Waals surface area contributed by atoms with E-state index in [4.69, 9.17) is 11.6 Å². The second-order valence-electron chi connectivity index (χ2n) is 5.32. The molecule has 102 valence electrons. The quantitative estimate of drug-likeness (QED) is 0.882. The molecule has 0 amide bonds. The number of nitrogens with one attached hydrogen (secondary N) is 1. The lowest BCUT2D eigenvalue weighted by atomic mass is 9.82. The SMILES string of the molecule is Cc1nn(C)c(CNC2(CO)CCCCC2)c1Cl. The van der Waals surface area contributed by atoms with Crippen LogP contribution in [0.2, 0.25) is 5.02 Å². The molecular formula is C13H22ClN3O. The first-order valence-electron chi connectivity index (χ1n) is 6.62. The minimum absolute atomic E-state index is 0.125. The summed E-state index contributed by atoms with van der Waals surface area (Å²) in [6.45, 7) is 2.77. The summed E-state index contributed by atoms with van der Waals surface area (Å²) in [5, 5.41) is 18.2. The highest BCUT2D eigenvalue weighted by Crippen LogP contribution is 2.29. The van der Waals surface area contributed by atoms with Crippen LogP contribution < -0.4 is 5.32 Å². The zero-order valence-electron chi connectivity index (χ0n) is 11.2. The maximum atomic E-state index is 9.65. The van der Waals surface area contributed by atoms with E-state index in [0.29, 0.717) is 6.54 Å². The van der Waals surface area contributed by atoms with Crippen molar-refractivity contribution in [3.63, 3.8) is 0 Å². The highest BCUT2D eigenvalue weighted by atomic mass is 35.5. The highest BCUT2D eigenvalue weighted by molar-refractivity contribution is 6.31. The fourth-order valence-corrected chi connectivity index (χ4v) is 2.99. The fraction of sp³-hybridized carbons (Fsp3) is 0.769. The topological polar surface area (TPSA) is 50.1 Å². The zero-order valence-corrected chi connectivity index (χ0v) is 11.9. The molecule has 0 aromatic carbocycles. The van der Waals surface area contributed by atoms with Crippen molar-refractivity contribution in [2.45, 2.75) is 51.1 Å². The molecule has 0 spiro atoms. The highest BCUT2D eigenvalue weighted by Gasteiger charge is 2.31. The van der Waals surface area contributed by atoms with Crippen LogP contribution in [0.3, 0.4) is 0 Å². The van der Waals surface area contributed by atoms with Gasteiger partial charge in [-0.25, -0.2) is 0 Å². The van der Waals surface area contributed by atoms with Gasteiger partial charge in [-0.15, -0.1) is 0 Å². The maximum absolute atomic E-state index is 9.65. The van der Waals surface area contributed by atoms with Crippen molar-refractivity contribution in [2.24, 2.45) is 7.05 Å². The van der Waals surface area contributed by atoms with E-state index in [1.165, 1.54) is 19.3 Å². The van der Waals surface area contributed by atoms with Crippen molar-refractivity contribution in [3.8, 4) is 0 Å². The summed E-state index contributed by atoms with van der Waals surface area (Å²) in [7, 11) is 1.91. The average molecular weight is 272 g/mol. The number of halogens is 1. The Balaban J connectivity index is 2.05. The van der Waals surface area contributed by atoms with Crippen LogP contribution >= 0.6 is 11.6 Å². The third-order valence-corrected chi connectivity index (χ3v) is 4.50. The molecule has 0 atom stereocenters. The third kappa shape index (κ3) is 2.71. The van der Waals surface area contributed by atoms with Gasteiger partial charge < -0.3 is 10.4 Å². The summed E-state index contributed by atoms with van der Waals surface area (Å²) in [6, 6.07) is 0. The van der Waals surface area contributed by atoms with E-state index in [1.807, 2.05) is 18.7 Å². The predicted octanol–water partition coefficient (Wildman–Crippen LogP) is 2.17. The Bertz CT molecular complexity index is 411. The van der Waals surface area contributed by atoms with Gasteiger partial charge in [-0.1, -0.05) is 30.9 Å². The minimum atomic E-state index is -0.125. The Morgan fingerprint density at radius 1 is 1.39 bits per heavy atom. The van der Waals surface area contributed by atoms with Gasteiger partial charge in [0.15, 0.2) is 0 Å². The van der Waals surface area contributed by atoms with Crippen molar-refractivity contribution in [2.75, 3.05) is 6.61 Å². The Hall–Kier alpha value is -0.580. The van der Waals surface area contributed by atoms with Crippen LogP contribution in [0.15, 0.2) is 0 Å². The smallest absolute Gasteiger partial charge is 0.0860 e. The number of aromatic nitrogens is 2. The number of nitrogens with zero attached hydrogens (tertiary/aromatic N) is 2. The molecule has 18 heavy (non-hydrogen) atoms. The molecule has 1 saturated carbocycles. The molecule has 1 aromatic rings. The lowest BCUT2D eigenvalue weighted by Gasteiger charge is -2.36. The van der Waals surface area contributed by atoms with Crippen LogP contribution in [0.25, 0.3) is 0 Å². The van der Waals surface area contributed by atoms with Crippen LogP contribution in [-0.2, 0) is 13.6 Å². The summed E-state index contributed by atoms with van der Waals surface area (Å²) >= 11 is 6.23. The van der Waals surface area contributed by atoms with Crippen LogP contribution in [0, 0.1) is 6.92 Å². The van der Waals surface area contributed by atoms with Crippen molar-refractivity contribution in [1.29, 1.82) is 0 Å². The molecule has 0 radical (unpaired) electrons. The van der Waals surface area contributed by atoms with E-state index in [-0.39, 0.29) is 12.1 Å². The summed E-state index contributed by atoms with van der Waals surface area (Å²) in [4.78, 5) is 0. The molecule has 0 unspecified atom stereocenters. The van der Waals surface area contributed by atoms with Crippen LogP contribution in [0.1, 0.15) is 43.5 Å². The Morgan fingerprint density at radius 2 is 2.06 bits per heavy atom. The molecule has 0 saturated heterocycles. The summed E-state index contributed by atoms with van der Waals surface area (Å²) in [5.74, 6) is 0. The molecular weight excluding hydrogens is 250 g/mol. The van der Waals surface area contributed by atoms with Gasteiger partial charge in [-0.2, -0.15) is 5.10 Å². The number of aryl methyl sites for hydroxylation is 2. The molecule has 5 heteroatoms. The summed E-state index contributed by atoms with van der Waals surface area (Å²) < 4.78 is 1.82. The van der Waals surface area contributed by atoms with Gasteiger partial charge in [0.05, 0.1) is 23.0 Å². The largest absolute Gasteiger partial charge is 0.394 e. The molecule has 1 aliphatic rings. The predicted molar refractivity (Wildman–Crippen MR) is 72.7 cm³/mol. The van der Waals surface area contributed by atoms with Crippen LogP contribution in [0.5, 0.6) is 0 Å². The van der Waals surface area contributed by atoms with E-state index in [9.17, 15) is 5.11 Å². The molecule has 1 fully saturated rings. The van der Waals surface area contributed by atoms with Crippen LogP contribution in [0.4, 0.5) is 0 Å². The molecule has 2 N–H and O–H groups in total. The number of aliphatic hydroxyl groups excluding tert-OH is 1. The van der Waals surface area contributed by atoms with Gasteiger partial charge in [0.1, 0.15) is 0 Å². The fourth-order valence-electron chi connectivity index (χ4n) is 2.76. The first kappa shape index (κ1) is 13.8. The van der Waals surface area contributed by atoms with E-state index in [2.05, 4.69) is 10.4 Å². The minimum Gasteiger partial charge on any atom is -0.394 e. The van der Waals surface area contributed by atoms with Crippen molar-refractivity contribution < 1.29 is 5.11 Å². The van der Waals surface area contributed by atoms with Crippen LogP contribution in [-0.4, -0.2) is 27.0 Å². The number of aliphatic hydroxyl groups is 1. The summed E-state index contributed by atoms with van der Waals surface area (Å²) in [5.41, 5.74) is 1.73. The van der Waals surface area contributed by atoms with E-state index in [0.717, 1.165) is 29.3 Å². The molecule has 1 aliphatic carbocycles. The van der Waals surface area contributed by atoms with Gasteiger partial charge in [0.2, 0.25) is 0 Å². The lowest BCUT2D eigenvalue weighted by molar-refractivity contribution is 0.119. The molecule has 4 nitrogen and oxygen atoms in total. The number of hydrogen-bond acceptors (Lipinski definition) is 3. The zero-order chi connectivity index (χ0) is 13.2. The van der Waals surface area contributed by atoms with Crippen molar-refractivity contribution in [1.82, 2.24) is 15.1 Å². The average Bonchev–Trinajstić information content (AvgIpc) is 2.62. The molecule has 2 rings (SSSR count). The van der Waals surface area contributed by atoms with Gasteiger partial charge in [0, 0.05) is 19.1 Å². The third-order valence-electron chi connectivity index (χ3n) is 4.01. The van der Waals surface area contributed by atoms with E-state index >= 15 is 0 Å². The first-order valence-corrected chi connectivity index (χ1v) is 7.00. The Labute approximate surface area is 113 Å². The van der Waals surface area contributed by atoms with Gasteiger partial charge >= 0.3 is 0 Å². The maximum Gasteiger partial charge on any atom is 0.0860 e. The number of hydrogen-bond donors (Lipinski definition) is 2. The molecule has 1 aromatic heterocycles. The standard InChI is InChI=1S/C13H22ClN3O/c1-10-12(14)11(17(2)16-10)8-15-13(9-18)6-4-3-5-7-13/h15,18H,3-9H2,1-2H3. The lowest BCUT2D eigenvalue weighted by Crippen LogP contribution is -2.49. The van der Waals surface area contributed by atoms with Gasteiger partial charge in [-0.3, -0.25) is 4.68 Å². The van der Waals surface area contributed by atoms with Crippen molar-refractivity contribution in [3.05, 3.63) is 16.4 Å². The Morgan fingerprint density at radius 3 is 2.56 bits per heavy atom. The second-order valence-corrected chi connectivity index (χ2v) is 5.70. The van der Waals surface area contributed by atoms with E-state index < -0.39 is 0 Å². The normalized spacial score (nSPS) is 19.1. The Kier molecular flexibility index (Phi) is 4.30. The first-order chi connectivity index (χ1) is 8.58.